The highest BCUT2D eigenvalue weighted by Crippen LogP contribution is 2.31. The van der Waals surface area contributed by atoms with Gasteiger partial charge in [-0.15, -0.1) is 0 Å². The number of carbonyl (C=O) groups excluding carboxylic acids is 1. The first-order valence-electron chi connectivity index (χ1n) is 8.69. The summed E-state index contributed by atoms with van der Waals surface area (Å²) in [5, 5.41) is 0. The van der Waals surface area contributed by atoms with Crippen molar-refractivity contribution in [2.45, 2.75) is 33.6 Å². The molecule has 0 atom stereocenters. The molecule has 0 saturated heterocycles. The van der Waals surface area contributed by atoms with Crippen LogP contribution in [0.25, 0.3) is 0 Å². The highest BCUT2D eigenvalue weighted by atomic mass is 16.2. The summed E-state index contributed by atoms with van der Waals surface area (Å²) >= 11 is 0. The van der Waals surface area contributed by atoms with Gasteiger partial charge in [0.25, 0.3) is 5.91 Å². The van der Waals surface area contributed by atoms with Crippen LogP contribution < -0.4 is 4.90 Å². The molecule has 0 aliphatic carbocycles. The molecule has 0 radical (unpaired) electrons. The van der Waals surface area contributed by atoms with Crippen molar-refractivity contribution in [1.29, 1.82) is 0 Å². The minimum absolute atomic E-state index is 0.0106. The molecule has 2 aromatic carbocycles. The lowest BCUT2D eigenvalue weighted by Crippen LogP contribution is -2.31. The maximum Gasteiger partial charge on any atom is 0.277 e. The van der Waals surface area contributed by atoms with Gasteiger partial charge in [0.15, 0.2) is 0 Å². The number of anilines is 1. The van der Waals surface area contributed by atoms with E-state index in [0.717, 1.165) is 36.3 Å². The predicted molar refractivity (Wildman–Crippen MR) is 100 cm³/mol. The van der Waals surface area contributed by atoms with E-state index in [1.54, 1.807) is 0 Å². The van der Waals surface area contributed by atoms with Crippen LogP contribution in [0.4, 0.5) is 11.4 Å². The second-order valence-electron chi connectivity index (χ2n) is 6.64. The molecule has 3 nitrogen and oxygen atoms in total. The van der Waals surface area contributed by atoms with E-state index < -0.39 is 0 Å². The fraction of sp³-hybridized carbons (Fsp3) is 0.333. The van der Waals surface area contributed by atoms with Crippen LogP contribution in [0.2, 0.25) is 0 Å². The van der Waals surface area contributed by atoms with Crippen LogP contribution in [0.5, 0.6) is 0 Å². The molecule has 24 heavy (non-hydrogen) atoms. The number of aliphatic imine (C=N–C) groups is 1. The minimum Gasteiger partial charge on any atom is -0.306 e. The Hall–Kier alpha value is -2.42. The number of benzene rings is 2. The van der Waals surface area contributed by atoms with Gasteiger partial charge in [-0.1, -0.05) is 51.1 Å². The van der Waals surface area contributed by atoms with Crippen LogP contribution >= 0.6 is 0 Å². The maximum atomic E-state index is 12.9. The van der Waals surface area contributed by atoms with E-state index in [0.29, 0.717) is 11.6 Å². The molecule has 1 amide bonds. The molecular formula is C21H24N2O. The van der Waals surface area contributed by atoms with E-state index in [1.165, 1.54) is 5.56 Å². The van der Waals surface area contributed by atoms with Gasteiger partial charge >= 0.3 is 0 Å². The zero-order chi connectivity index (χ0) is 17.1. The lowest BCUT2D eigenvalue weighted by atomic mass is 10.1. The molecule has 0 fully saturated rings. The minimum atomic E-state index is 0.0106. The van der Waals surface area contributed by atoms with Crippen molar-refractivity contribution in [3.8, 4) is 0 Å². The Balaban J connectivity index is 1.95. The number of nitrogens with zero attached hydrogens (tertiary/aromatic N) is 2. The van der Waals surface area contributed by atoms with E-state index >= 15 is 0 Å². The topological polar surface area (TPSA) is 32.7 Å². The molecular weight excluding hydrogens is 296 g/mol. The Morgan fingerprint density at radius 1 is 1.04 bits per heavy atom. The first-order valence-corrected chi connectivity index (χ1v) is 8.69. The van der Waals surface area contributed by atoms with Crippen molar-refractivity contribution < 1.29 is 4.79 Å². The van der Waals surface area contributed by atoms with Crippen molar-refractivity contribution in [3.05, 3.63) is 59.7 Å². The summed E-state index contributed by atoms with van der Waals surface area (Å²) in [5.74, 6) is 0.573. The average Bonchev–Trinajstić information content (AvgIpc) is 2.86. The van der Waals surface area contributed by atoms with Crippen LogP contribution in [0, 0.1) is 5.92 Å². The van der Waals surface area contributed by atoms with E-state index in [2.05, 4.69) is 37.9 Å². The summed E-state index contributed by atoms with van der Waals surface area (Å²) < 4.78 is 0. The molecule has 1 heterocycles. The fourth-order valence-corrected chi connectivity index (χ4v) is 2.91. The van der Waals surface area contributed by atoms with E-state index in [4.69, 9.17) is 0 Å². The summed E-state index contributed by atoms with van der Waals surface area (Å²) in [6.07, 6.45) is 1.99. The van der Waals surface area contributed by atoms with E-state index in [-0.39, 0.29) is 5.91 Å². The summed E-state index contributed by atoms with van der Waals surface area (Å²) in [6.45, 7) is 7.22. The van der Waals surface area contributed by atoms with Crippen molar-refractivity contribution >= 4 is 23.0 Å². The van der Waals surface area contributed by atoms with Crippen LogP contribution in [-0.4, -0.2) is 18.2 Å². The Morgan fingerprint density at radius 2 is 1.75 bits per heavy atom. The monoisotopic (exact) mass is 320 g/mol. The molecule has 1 aliphatic rings. The SMILES string of the molecule is CCc1ccc(N=C2C(=O)N(CCC(C)C)c3ccccc32)cc1. The number of hydrogen-bond acceptors (Lipinski definition) is 2. The number of aryl methyl sites for hydroxylation is 1. The van der Waals surface area contributed by atoms with Gasteiger partial charge < -0.3 is 4.90 Å². The third-order valence-corrected chi connectivity index (χ3v) is 4.41. The van der Waals surface area contributed by atoms with Crippen LogP contribution in [0.15, 0.2) is 53.5 Å². The standard InChI is InChI=1S/C21H24N2O/c1-4-16-9-11-17(12-10-16)22-20-18-7-5-6-8-19(18)23(21(20)24)14-13-15(2)3/h5-12,15H,4,13-14H2,1-3H3. The van der Waals surface area contributed by atoms with Gasteiger partial charge in [-0.3, -0.25) is 4.79 Å². The van der Waals surface area contributed by atoms with Crippen LogP contribution in [-0.2, 0) is 11.2 Å². The number of amides is 1. The summed E-state index contributed by atoms with van der Waals surface area (Å²) in [7, 11) is 0. The zero-order valence-corrected chi connectivity index (χ0v) is 14.6. The van der Waals surface area contributed by atoms with E-state index in [1.807, 2.05) is 41.3 Å². The lowest BCUT2D eigenvalue weighted by molar-refractivity contribution is -0.112. The van der Waals surface area contributed by atoms with Crippen molar-refractivity contribution in [2.75, 3.05) is 11.4 Å². The van der Waals surface area contributed by atoms with Crippen LogP contribution in [0.3, 0.4) is 0 Å². The number of rotatable bonds is 5. The molecule has 3 heteroatoms. The summed E-state index contributed by atoms with van der Waals surface area (Å²) in [4.78, 5) is 19.4. The van der Waals surface area contributed by atoms with Gasteiger partial charge in [-0.2, -0.15) is 0 Å². The van der Waals surface area contributed by atoms with Gasteiger partial charge in [-0.25, -0.2) is 4.99 Å². The Bertz CT molecular complexity index is 760. The number of carbonyl (C=O) groups is 1. The molecule has 0 saturated carbocycles. The van der Waals surface area contributed by atoms with Crippen molar-refractivity contribution in [1.82, 2.24) is 0 Å². The van der Waals surface area contributed by atoms with Crippen molar-refractivity contribution in [2.24, 2.45) is 10.9 Å². The Morgan fingerprint density at radius 3 is 2.42 bits per heavy atom. The van der Waals surface area contributed by atoms with Gasteiger partial charge in [0, 0.05) is 12.1 Å². The summed E-state index contributed by atoms with van der Waals surface area (Å²) in [6, 6.07) is 16.1. The van der Waals surface area contributed by atoms with E-state index in [9.17, 15) is 4.79 Å². The molecule has 3 rings (SSSR count). The van der Waals surface area contributed by atoms with Crippen molar-refractivity contribution in [3.63, 3.8) is 0 Å². The first kappa shape index (κ1) is 16.4. The Kier molecular flexibility index (Phi) is 4.79. The molecule has 0 spiro atoms. The maximum absolute atomic E-state index is 12.9. The number of para-hydroxylation sites is 1. The first-order chi connectivity index (χ1) is 11.6. The van der Waals surface area contributed by atoms with Gasteiger partial charge in [0.05, 0.1) is 11.4 Å². The Labute approximate surface area is 144 Å². The predicted octanol–water partition coefficient (Wildman–Crippen LogP) is 4.76. The highest BCUT2D eigenvalue weighted by Gasteiger charge is 2.33. The second-order valence-corrected chi connectivity index (χ2v) is 6.64. The number of fused-ring (bicyclic) bond motifs is 1. The fourth-order valence-electron chi connectivity index (χ4n) is 2.91. The largest absolute Gasteiger partial charge is 0.306 e. The van der Waals surface area contributed by atoms with Crippen LogP contribution in [0.1, 0.15) is 38.3 Å². The third kappa shape index (κ3) is 3.25. The molecule has 0 aromatic heterocycles. The number of hydrogen-bond donors (Lipinski definition) is 0. The molecule has 0 bridgehead atoms. The molecule has 0 unspecified atom stereocenters. The third-order valence-electron chi connectivity index (χ3n) is 4.41. The summed E-state index contributed by atoms with van der Waals surface area (Å²) in [5.41, 5.74) is 4.57. The molecule has 1 aliphatic heterocycles. The molecule has 0 N–H and O–H groups in total. The zero-order valence-electron chi connectivity index (χ0n) is 14.6. The van der Waals surface area contributed by atoms with Gasteiger partial charge in [-0.05, 0) is 42.5 Å². The average molecular weight is 320 g/mol. The quantitative estimate of drug-likeness (QED) is 0.781. The second kappa shape index (κ2) is 7.00. The molecule has 124 valence electrons. The van der Waals surface area contributed by atoms with Gasteiger partial charge in [0.1, 0.15) is 5.71 Å². The normalized spacial score (nSPS) is 15.4. The van der Waals surface area contributed by atoms with Gasteiger partial charge in [0.2, 0.25) is 0 Å². The highest BCUT2D eigenvalue weighted by molar-refractivity contribution is 6.54. The molecule has 2 aromatic rings. The lowest BCUT2D eigenvalue weighted by Gasteiger charge is -2.17. The smallest absolute Gasteiger partial charge is 0.277 e.